The minimum atomic E-state index is -3.80. The fraction of sp³-hybridized carbons (Fsp3) is 0.0385. The first-order chi connectivity index (χ1) is 34.9. The molecule has 0 aliphatic rings. The third-order valence-corrected chi connectivity index (χ3v) is 10.3. The molecule has 0 aliphatic heterocycles. The number of benzene rings is 2. The molecule has 0 saturated carbocycles. The topological polar surface area (TPSA) is 277 Å². The Hall–Kier alpha value is -8.91. The largest absolute Gasteiger partial charge is 2.00 e. The van der Waals surface area contributed by atoms with Gasteiger partial charge >= 0.3 is 16.5 Å². The van der Waals surface area contributed by atoms with Gasteiger partial charge in [-0.1, -0.05) is 48.5 Å². The summed E-state index contributed by atoms with van der Waals surface area (Å²) in [6, 6.07) is 49.2. The summed E-state index contributed by atoms with van der Waals surface area (Å²) >= 11 is 0. The van der Waals surface area contributed by atoms with Crippen LogP contribution in [0.15, 0.2) is 266 Å². The predicted octanol–water partition coefficient (Wildman–Crippen LogP) is 10.0. The number of anilines is 2. The number of hydrogen-bond donors (Lipinski definition) is 2. The van der Waals surface area contributed by atoms with Crippen LogP contribution in [0.2, 0.25) is 0 Å². The normalized spacial score (nSPS) is 9.45. The van der Waals surface area contributed by atoms with E-state index in [1.165, 1.54) is 60.9 Å². The smallest absolute Gasteiger partial charge is 0.399 e. The summed E-state index contributed by atoms with van der Waals surface area (Å²) < 4.78 is 54.9. The van der Waals surface area contributed by atoms with Crippen molar-refractivity contribution in [2.75, 3.05) is 11.5 Å². The molecule has 0 atom stereocenters. The van der Waals surface area contributed by atoms with Crippen molar-refractivity contribution in [2.24, 2.45) is 0 Å². The van der Waals surface area contributed by atoms with E-state index in [4.69, 9.17) is 11.5 Å². The molecule has 0 bridgehead atoms. The average Bonchev–Trinajstić information content (AvgIpc) is 3.43. The predicted molar refractivity (Wildman–Crippen MR) is 281 cm³/mol. The minimum absolute atomic E-state index is 0. The van der Waals surface area contributed by atoms with E-state index in [0.29, 0.717) is 22.8 Å². The zero-order valence-electron chi connectivity index (χ0n) is 39.5. The number of pyridine rings is 6. The number of hydrogen-bond acceptors (Lipinski definition) is 16. The van der Waals surface area contributed by atoms with E-state index in [2.05, 4.69) is 59.3 Å². The second-order valence-electron chi connectivity index (χ2n) is 13.4. The number of sulfonamides is 2. The van der Waals surface area contributed by atoms with Crippen LogP contribution >= 0.6 is 0 Å². The molecule has 18 nitrogen and oxygen atoms in total. The maximum absolute atomic E-state index is 11.9. The van der Waals surface area contributed by atoms with Gasteiger partial charge in [-0.3, -0.25) is 39.3 Å². The van der Waals surface area contributed by atoms with Crippen LogP contribution in [0.3, 0.4) is 0 Å². The number of nitrogens with zero attached hydrogens (tertiary/aromatic N) is 12. The zero-order chi connectivity index (χ0) is 51.8. The van der Waals surface area contributed by atoms with Crippen LogP contribution in [0, 0.1) is 13.8 Å². The maximum Gasteiger partial charge on any atom is 2.00 e. The van der Waals surface area contributed by atoms with E-state index in [1.807, 2.05) is 109 Å². The molecule has 73 heavy (non-hydrogen) atoms. The quantitative estimate of drug-likeness (QED) is 0.116. The van der Waals surface area contributed by atoms with Crippen LogP contribution in [0.4, 0.5) is 23.3 Å². The van der Waals surface area contributed by atoms with E-state index in [0.717, 1.165) is 0 Å². The maximum atomic E-state index is 11.9. The molecule has 21 heteroatoms. The molecule has 0 amide bonds. The Kier molecular flexibility index (Phi) is 30.5. The standard InChI is InChI=1S/2C11H11N4O2S.6C5H5N.Ni/c2*1-8-6-7-13-11(14-8)15-18(16,17)10-4-2-9(12)3-5-10;6*1-2-4-6-5-3-1;/h2*2-7H,12H2,1H3;6*1-5H;/q2*-1;;;;;;;+2. The number of nitrogens with two attached hydrogens (primary N) is 2. The summed E-state index contributed by atoms with van der Waals surface area (Å²) in [6.07, 6.45) is 23.9. The first kappa shape index (κ1) is 60.2. The van der Waals surface area contributed by atoms with Crippen LogP contribution in [-0.4, -0.2) is 66.7 Å². The molecule has 10 rings (SSSR count). The minimum Gasteiger partial charge on any atom is -0.399 e. The first-order valence-electron chi connectivity index (χ1n) is 21.3. The molecule has 10 aromatic rings. The molecule has 0 saturated heterocycles. The molecule has 8 aromatic heterocycles. The van der Waals surface area contributed by atoms with Gasteiger partial charge < -0.3 is 31.4 Å². The van der Waals surface area contributed by atoms with Crippen molar-refractivity contribution in [2.45, 2.75) is 23.6 Å². The van der Waals surface area contributed by atoms with Gasteiger partial charge in [0.25, 0.3) is 0 Å². The second-order valence-corrected chi connectivity index (χ2v) is 16.6. The summed E-state index contributed by atoms with van der Waals surface area (Å²) in [5.41, 5.74) is 13.3. The van der Waals surface area contributed by atoms with Crippen molar-refractivity contribution in [3.05, 3.63) is 277 Å². The van der Waals surface area contributed by atoms with Crippen molar-refractivity contribution in [3.63, 3.8) is 0 Å². The molecule has 8 heterocycles. The number of nitrogen functional groups attached to an aromatic ring is 2. The first-order valence-corrected chi connectivity index (χ1v) is 24.2. The Morgan fingerprint density at radius 2 is 0.548 bits per heavy atom. The molecule has 0 spiro atoms. The van der Waals surface area contributed by atoms with Crippen molar-refractivity contribution in [3.8, 4) is 0 Å². The van der Waals surface area contributed by atoms with Crippen LogP contribution < -0.4 is 11.5 Å². The zero-order valence-corrected chi connectivity index (χ0v) is 42.2. The SMILES string of the molecule is Cc1ccnc([N-]S(=O)(=O)c2ccc(N)cc2)n1.Cc1ccnc([N-]S(=O)(=O)c2ccc(N)cc2)n1.[Ni+2].c1ccncc1.c1ccncc1.c1ccncc1.c1ccncc1.c1ccncc1.c1ccncc1. The molecule has 0 fully saturated rings. The van der Waals surface area contributed by atoms with Crippen LogP contribution in [-0.2, 0) is 36.5 Å². The van der Waals surface area contributed by atoms with Gasteiger partial charge in [0.15, 0.2) is 0 Å². The van der Waals surface area contributed by atoms with E-state index in [1.54, 1.807) is 100 Å². The van der Waals surface area contributed by atoms with Crippen LogP contribution in [0.5, 0.6) is 0 Å². The van der Waals surface area contributed by atoms with Crippen molar-refractivity contribution >= 4 is 43.3 Å². The van der Waals surface area contributed by atoms with Gasteiger partial charge in [-0.15, -0.1) is 0 Å². The van der Waals surface area contributed by atoms with Gasteiger partial charge in [-0.05, 0) is 159 Å². The summed E-state index contributed by atoms with van der Waals surface area (Å²) in [5.74, 6) is -0.154. The van der Waals surface area contributed by atoms with Crippen LogP contribution in [0.25, 0.3) is 9.44 Å². The van der Waals surface area contributed by atoms with Gasteiger partial charge in [-0.25, -0.2) is 16.8 Å². The Bertz CT molecular complexity index is 2560. The molecule has 2 aromatic carbocycles. The molecule has 4 N–H and O–H groups in total. The monoisotopic (exact) mass is 1060 g/mol. The summed E-state index contributed by atoms with van der Waals surface area (Å²) in [6.45, 7) is 3.47. The van der Waals surface area contributed by atoms with Gasteiger partial charge in [0.2, 0.25) is 20.0 Å². The summed E-state index contributed by atoms with van der Waals surface area (Å²) in [7, 11) is -7.60. The van der Waals surface area contributed by atoms with E-state index in [-0.39, 0.29) is 38.2 Å². The van der Waals surface area contributed by atoms with Gasteiger partial charge in [0, 0.05) is 97.6 Å². The average molecular weight is 1060 g/mol. The van der Waals surface area contributed by atoms with Gasteiger partial charge in [0.05, 0.1) is 9.79 Å². The third-order valence-electron chi connectivity index (χ3n) is 7.72. The fourth-order valence-corrected chi connectivity index (χ4v) is 6.21. The molecular weight excluding hydrogens is 1010 g/mol. The summed E-state index contributed by atoms with van der Waals surface area (Å²) in [5, 5.41) is 0. The van der Waals surface area contributed by atoms with Crippen LogP contribution in [0.1, 0.15) is 11.4 Å². The summed E-state index contributed by atoms with van der Waals surface area (Å²) in [4.78, 5) is 38.2. The fourth-order valence-electron chi connectivity index (χ4n) is 4.43. The van der Waals surface area contributed by atoms with Crippen molar-refractivity contribution < 1.29 is 33.3 Å². The van der Waals surface area contributed by atoms with E-state index < -0.39 is 20.0 Å². The van der Waals surface area contributed by atoms with Crippen molar-refractivity contribution in [1.82, 2.24) is 49.8 Å². The van der Waals surface area contributed by atoms with E-state index in [9.17, 15) is 16.8 Å². The number of aromatic nitrogens is 10. The van der Waals surface area contributed by atoms with E-state index >= 15 is 0 Å². The Balaban J connectivity index is 0.000000303. The van der Waals surface area contributed by atoms with Gasteiger partial charge in [0.1, 0.15) is 0 Å². The second kappa shape index (κ2) is 37.0. The van der Waals surface area contributed by atoms with Gasteiger partial charge in [-0.2, -0.15) is 0 Å². The third kappa shape index (κ3) is 29.7. The molecular formula is C52H52N14NiO4S2. The molecule has 0 aliphatic carbocycles. The molecule has 0 radical (unpaired) electrons. The molecule has 0 unspecified atom stereocenters. The molecule has 376 valence electrons. The number of aryl methyl sites for hydroxylation is 2. The Morgan fingerprint density at radius 1 is 0.329 bits per heavy atom. The Labute approximate surface area is 436 Å². The number of rotatable bonds is 6. The Morgan fingerprint density at radius 3 is 0.712 bits per heavy atom. The van der Waals surface area contributed by atoms with Crippen molar-refractivity contribution in [1.29, 1.82) is 0 Å².